The van der Waals surface area contributed by atoms with Gasteiger partial charge in [0.1, 0.15) is 0 Å². The fourth-order valence-corrected chi connectivity index (χ4v) is 1.54. The zero-order valence-corrected chi connectivity index (χ0v) is 8.93. The molecule has 0 saturated carbocycles. The summed E-state index contributed by atoms with van der Waals surface area (Å²) in [7, 11) is 0. The lowest BCUT2D eigenvalue weighted by Gasteiger charge is -2.08. The van der Waals surface area contributed by atoms with E-state index in [1.165, 1.54) is 0 Å². The van der Waals surface area contributed by atoms with Crippen molar-refractivity contribution in [2.45, 2.75) is 26.1 Å². The number of hydrogen-bond acceptors (Lipinski definition) is 5. The highest BCUT2D eigenvalue weighted by Crippen LogP contribution is 2.44. The molecule has 0 aromatic carbocycles. The van der Waals surface area contributed by atoms with Crippen molar-refractivity contribution in [3.8, 4) is 11.5 Å². The summed E-state index contributed by atoms with van der Waals surface area (Å²) in [4.78, 5) is 21.7. The number of carbonyl (C=O) groups is 2. The first kappa shape index (κ1) is 11.3. The molecule has 0 radical (unpaired) electrons. The van der Waals surface area contributed by atoms with E-state index in [-0.39, 0.29) is 11.5 Å². The Labute approximate surface area is 95.5 Å². The van der Waals surface area contributed by atoms with Gasteiger partial charge in [0.05, 0.1) is 0 Å². The van der Waals surface area contributed by atoms with Gasteiger partial charge in [-0.25, -0.2) is 9.59 Å². The van der Waals surface area contributed by atoms with Gasteiger partial charge in [-0.05, 0) is 6.42 Å². The Hall–Kier alpha value is -2.18. The van der Waals surface area contributed by atoms with Crippen LogP contribution in [0.15, 0.2) is 4.42 Å². The standard InChI is InChI=1S/C10H10O7/c1-2-3-4-15-5-6(16-4)8(10(13)14)17-7(5)9(11)12/h4H,2-3H2,1H3,(H,11,12)(H,13,14). The summed E-state index contributed by atoms with van der Waals surface area (Å²) in [6.45, 7) is 1.90. The average molecular weight is 242 g/mol. The molecule has 0 aliphatic carbocycles. The summed E-state index contributed by atoms with van der Waals surface area (Å²) in [6.07, 6.45) is 0.640. The molecule has 1 aromatic heterocycles. The van der Waals surface area contributed by atoms with Crippen molar-refractivity contribution < 1.29 is 33.7 Å². The van der Waals surface area contributed by atoms with Crippen molar-refractivity contribution in [1.82, 2.24) is 0 Å². The van der Waals surface area contributed by atoms with Crippen LogP contribution >= 0.6 is 0 Å². The van der Waals surface area contributed by atoms with Gasteiger partial charge in [-0.2, -0.15) is 0 Å². The minimum Gasteiger partial charge on any atom is -0.475 e. The first-order chi connectivity index (χ1) is 8.04. The third-order valence-electron chi connectivity index (χ3n) is 2.23. The topological polar surface area (TPSA) is 106 Å². The van der Waals surface area contributed by atoms with Crippen molar-refractivity contribution in [2.24, 2.45) is 0 Å². The quantitative estimate of drug-likeness (QED) is 0.825. The van der Waals surface area contributed by atoms with Crippen LogP contribution in [0.3, 0.4) is 0 Å². The molecule has 0 bridgehead atoms. The molecule has 0 unspecified atom stereocenters. The van der Waals surface area contributed by atoms with Crippen LogP contribution < -0.4 is 9.47 Å². The molecule has 0 fully saturated rings. The van der Waals surface area contributed by atoms with Crippen LogP contribution in [0, 0.1) is 0 Å². The van der Waals surface area contributed by atoms with Gasteiger partial charge in [-0.3, -0.25) is 0 Å². The zero-order chi connectivity index (χ0) is 12.6. The molecule has 92 valence electrons. The Kier molecular flexibility index (Phi) is 2.66. The highest BCUT2D eigenvalue weighted by molar-refractivity contribution is 5.95. The molecule has 0 spiro atoms. The summed E-state index contributed by atoms with van der Waals surface area (Å²) in [5, 5.41) is 17.7. The second-order valence-corrected chi connectivity index (χ2v) is 3.48. The van der Waals surface area contributed by atoms with E-state index in [2.05, 4.69) is 4.42 Å². The third kappa shape index (κ3) is 1.79. The minimum atomic E-state index is -1.39. The highest BCUT2D eigenvalue weighted by atomic mass is 16.7. The lowest BCUT2D eigenvalue weighted by molar-refractivity contribution is 0.0317. The minimum absolute atomic E-state index is 0.145. The highest BCUT2D eigenvalue weighted by Gasteiger charge is 2.38. The SMILES string of the molecule is CCCC1Oc2c(C(=O)O)oc(C(=O)O)c2O1. The Bertz CT molecular complexity index is 435. The van der Waals surface area contributed by atoms with Gasteiger partial charge in [0.2, 0.25) is 17.8 Å². The zero-order valence-electron chi connectivity index (χ0n) is 8.93. The molecule has 2 N–H and O–H groups in total. The predicted octanol–water partition coefficient (Wildman–Crippen LogP) is 1.57. The van der Waals surface area contributed by atoms with Gasteiger partial charge >= 0.3 is 11.9 Å². The van der Waals surface area contributed by atoms with E-state index in [9.17, 15) is 9.59 Å². The average Bonchev–Trinajstić information content (AvgIpc) is 2.74. The maximum atomic E-state index is 10.8. The molecule has 0 saturated heterocycles. The van der Waals surface area contributed by atoms with E-state index in [4.69, 9.17) is 19.7 Å². The molecule has 1 aliphatic rings. The second-order valence-electron chi connectivity index (χ2n) is 3.48. The van der Waals surface area contributed by atoms with Crippen molar-refractivity contribution in [2.75, 3.05) is 0 Å². The molecule has 0 amide bonds. The first-order valence-electron chi connectivity index (χ1n) is 5.01. The summed E-state index contributed by atoms with van der Waals surface area (Å²) >= 11 is 0. The fourth-order valence-electron chi connectivity index (χ4n) is 1.54. The molecule has 0 atom stereocenters. The van der Waals surface area contributed by atoms with Gasteiger partial charge in [0.15, 0.2) is 0 Å². The van der Waals surface area contributed by atoms with Gasteiger partial charge < -0.3 is 24.1 Å². The number of carboxylic acid groups (broad SMARTS) is 2. The van der Waals surface area contributed by atoms with E-state index >= 15 is 0 Å². The molecule has 17 heavy (non-hydrogen) atoms. The Morgan fingerprint density at radius 3 is 1.94 bits per heavy atom. The van der Waals surface area contributed by atoms with Crippen LogP contribution in [-0.4, -0.2) is 28.4 Å². The largest absolute Gasteiger partial charge is 0.475 e. The normalized spacial score (nSPS) is 13.9. The molecule has 1 aliphatic heterocycles. The predicted molar refractivity (Wildman–Crippen MR) is 52.6 cm³/mol. The van der Waals surface area contributed by atoms with E-state index in [0.29, 0.717) is 6.42 Å². The molecule has 1 aromatic rings. The van der Waals surface area contributed by atoms with Crippen molar-refractivity contribution in [1.29, 1.82) is 0 Å². The third-order valence-corrected chi connectivity index (χ3v) is 2.23. The van der Waals surface area contributed by atoms with E-state index in [1.807, 2.05) is 6.92 Å². The van der Waals surface area contributed by atoms with Gasteiger partial charge in [-0.1, -0.05) is 6.92 Å². The molecular weight excluding hydrogens is 232 g/mol. The van der Waals surface area contributed by atoms with Crippen LogP contribution in [0.25, 0.3) is 0 Å². The first-order valence-corrected chi connectivity index (χ1v) is 5.01. The number of furan rings is 1. The maximum Gasteiger partial charge on any atom is 0.375 e. The van der Waals surface area contributed by atoms with Gasteiger partial charge in [0.25, 0.3) is 11.5 Å². The number of rotatable bonds is 4. The van der Waals surface area contributed by atoms with Crippen LogP contribution in [0.5, 0.6) is 11.5 Å². The van der Waals surface area contributed by atoms with Crippen LogP contribution in [-0.2, 0) is 0 Å². The molecule has 7 nitrogen and oxygen atoms in total. The maximum absolute atomic E-state index is 10.8. The van der Waals surface area contributed by atoms with Crippen LogP contribution in [0.4, 0.5) is 0 Å². The van der Waals surface area contributed by atoms with E-state index in [0.717, 1.165) is 6.42 Å². The number of ether oxygens (including phenoxy) is 2. The smallest absolute Gasteiger partial charge is 0.375 e. The molecular formula is C10H10O7. The lowest BCUT2D eigenvalue weighted by Crippen LogP contribution is -2.18. The van der Waals surface area contributed by atoms with Crippen molar-refractivity contribution in [3.05, 3.63) is 11.5 Å². The van der Waals surface area contributed by atoms with Gasteiger partial charge in [-0.15, -0.1) is 0 Å². The Morgan fingerprint density at radius 2 is 1.59 bits per heavy atom. The van der Waals surface area contributed by atoms with E-state index < -0.39 is 29.7 Å². The van der Waals surface area contributed by atoms with E-state index in [1.54, 1.807) is 0 Å². The summed E-state index contributed by atoms with van der Waals surface area (Å²) in [5.41, 5.74) is 0. The van der Waals surface area contributed by atoms with Crippen molar-refractivity contribution in [3.63, 3.8) is 0 Å². The monoisotopic (exact) mass is 242 g/mol. The van der Waals surface area contributed by atoms with Crippen LogP contribution in [0.1, 0.15) is 40.9 Å². The number of fused-ring (bicyclic) bond motifs is 1. The van der Waals surface area contributed by atoms with Gasteiger partial charge in [0, 0.05) is 6.42 Å². The number of hydrogen-bond donors (Lipinski definition) is 2. The summed E-state index contributed by atoms with van der Waals surface area (Å²) in [5.74, 6) is -4.17. The van der Waals surface area contributed by atoms with Crippen LogP contribution in [0.2, 0.25) is 0 Å². The van der Waals surface area contributed by atoms with Crippen molar-refractivity contribution >= 4 is 11.9 Å². The molecule has 2 heterocycles. The molecule has 2 rings (SSSR count). The summed E-state index contributed by atoms with van der Waals surface area (Å²) in [6, 6.07) is 0. The lowest BCUT2D eigenvalue weighted by atomic mass is 10.3. The Balaban J connectivity index is 2.40. The summed E-state index contributed by atoms with van der Waals surface area (Å²) < 4.78 is 15.1. The molecule has 7 heteroatoms. The second kappa shape index (κ2) is 4.00. The fraction of sp³-hybridized carbons (Fsp3) is 0.400. The number of aromatic carboxylic acids is 2. The Morgan fingerprint density at radius 1 is 1.12 bits per heavy atom. The number of carboxylic acids is 2.